The van der Waals surface area contributed by atoms with E-state index in [1.54, 1.807) is 48.7 Å². The van der Waals surface area contributed by atoms with Crippen molar-refractivity contribution in [3.8, 4) is 5.69 Å². The van der Waals surface area contributed by atoms with Gasteiger partial charge in [-0.25, -0.2) is 14.3 Å². The van der Waals surface area contributed by atoms with Gasteiger partial charge >= 0.3 is 11.9 Å². The number of cyclic esters (lactones) is 2. The summed E-state index contributed by atoms with van der Waals surface area (Å²) in [4.78, 5) is 44.0. The maximum absolute atomic E-state index is 13.1. The second kappa shape index (κ2) is 9.48. The number of hydrogen-bond acceptors (Lipinski definition) is 6. The van der Waals surface area contributed by atoms with E-state index in [1.165, 1.54) is 16.4 Å². The van der Waals surface area contributed by atoms with Crippen molar-refractivity contribution in [2.45, 2.75) is 16.7 Å². The summed E-state index contributed by atoms with van der Waals surface area (Å²) in [5, 5.41) is 4.98. The molecule has 0 saturated carbocycles. The molecule has 9 heteroatoms. The van der Waals surface area contributed by atoms with Crippen LogP contribution in [0.5, 0.6) is 0 Å². The minimum Gasteiger partial charge on any atom is -0.386 e. The number of nitrogens with zero attached hydrogens (tertiary/aromatic N) is 2. The van der Waals surface area contributed by atoms with Crippen molar-refractivity contribution in [3.05, 3.63) is 117 Å². The number of hydrogen-bond donors (Lipinski definition) is 1. The van der Waals surface area contributed by atoms with Gasteiger partial charge in [0.1, 0.15) is 0 Å². The zero-order valence-electron chi connectivity index (χ0n) is 19.9. The highest BCUT2D eigenvalue weighted by Crippen LogP contribution is 2.39. The Labute approximate surface area is 225 Å². The fraction of sp³-hybridized carbons (Fsp3) is 0.0345. The smallest absolute Gasteiger partial charge is 0.346 e. The quantitative estimate of drug-likeness (QED) is 0.156. The van der Waals surface area contributed by atoms with Gasteiger partial charge in [0.05, 0.1) is 28.1 Å². The molecule has 4 aromatic carbocycles. The Morgan fingerprint density at radius 2 is 1.71 bits per heavy atom. The lowest BCUT2D eigenvalue weighted by atomic mass is 9.97. The Hall–Kier alpha value is -4.40. The van der Waals surface area contributed by atoms with Gasteiger partial charge in [0, 0.05) is 32.1 Å². The van der Waals surface area contributed by atoms with Crippen LogP contribution in [0.15, 0.2) is 98.4 Å². The number of aryl methyl sites for hydroxylation is 1. The Morgan fingerprint density at radius 1 is 0.921 bits per heavy atom. The normalized spacial score (nSPS) is 12.9. The molecule has 0 fully saturated rings. The van der Waals surface area contributed by atoms with E-state index in [2.05, 4.69) is 10.1 Å². The van der Waals surface area contributed by atoms with Gasteiger partial charge < -0.3 is 4.74 Å². The number of aliphatic imine (C=N–C) groups is 1. The van der Waals surface area contributed by atoms with Gasteiger partial charge in [-0.15, -0.1) is 0 Å². The number of H-pyrrole nitrogens is 1. The van der Waals surface area contributed by atoms with Crippen molar-refractivity contribution in [2.24, 2.45) is 4.99 Å². The molecular weight excluding hydrogens is 522 g/mol. The topological polar surface area (TPSA) is 93.5 Å². The molecule has 1 aromatic heterocycles. The molecular formula is C29H18ClN3O4S. The van der Waals surface area contributed by atoms with E-state index in [0.717, 1.165) is 15.2 Å². The van der Waals surface area contributed by atoms with Crippen LogP contribution in [0.4, 0.5) is 5.69 Å². The number of rotatable bonds is 5. The maximum atomic E-state index is 13.1. The number of esters is 2. The molecule has 0 atom stereocenters. The SMILES string of the molecule is Cc1[nH]n(-c2cccc(Cl)c2)c(=O)c1C=Nc1ccccc1Sc1cc2c3c(cccc3c1)C(=O)OC2=O. The third-order valence-corrected chi connectivity index (χ3v) is 7.46. The molecule has 2 heterocycles. The number of carbonyl (C=O) groups is 2. The summed E-state index contributed by atoms with van der Waals surface area (Å²) in [6.45, 7) is 1.81. The van der Waals surface area contributed by atoms with E-state index < -0.39 is 11.9 Å². The first-order valence-electron chi connectivity index (χ1n) is 11.6. The number of nitrogens with one attached hydrogen (secondary N) is 1. The first-order chi connectivity index (χ1) is 18.4. The lowest BCUT2D eigenvalue weighted by Crippen LogP contribution is -2.19. The fourth-order valence-corrected chi connectivity index (χ4v) is 5.58. The second-order valence-corrected chi connectivity index (χ2v) is 10.2. The zero-order valence-corrected chi connectivity index (χ0v) is 21.5. The average molecular weight is 540 g/mol. The van der Waals surface area contributed by atoms with Gasteiger partial charge in [0.2, 0.25) is 0 Å². The van der Waals surface area contributed by atoms with E-state index in [1.807, 2.05) is 43.3 Å². The fourth-order valence-electron chi connectivity index (χ4n) is 4.40. The van der Waals surface area contributed by atoms with Crippen molar-refractivity contribution in [3.63, 3.8) is 0 Å². The molecule has 5 aromatic rings. The second-order valence-electron chi connectivity index (χ2n) is 8.65. The van der Waals surface area contributed by atoms with Crippen LogP contribution < -0.4 is 5.56 Å². The Bertz CT molecular complexity index is 1870. The predicted molar refractivity (Wildman–Crippen MR) is 148 cm³/mol. The van der Waals surface area contributed by atoms with Crippen molar-refractivity contribution < 1.29 is 14.3 Å². The molecule has 7 nitrogen and oxygen atoms in total. The monoisotopic (exact) mass is 539 g/mol. The number of ether oxygens (including phenoxy) is 1. The molecule has 6 rings (SSSR count). The molecule has 0 bridgehead atoms. The van der Waals surface area contributed by atoms with Crippen LogP contribution in [0.25, 0.3) is 16.5 Å². The summed E-state index contributed by atoms with van der Waals surface area (Å²) in [6, 6.07) is 23.5. The summed E-state index contributed by atoms with van der Waals surface area (Å²) < 4.78 is 6.36. The van der Waals surface area contributed by atoms with E-state index >= 15 is 0 Å². The predicted octanol–water partition coefficient (Wildman–Crippen LogP) is 6.49. The lowest BCUT2D eigenvalue weighted by Gasteiger charge is -2.16. The third-order valence-electron chi connectivity index (χ3n) is 6.18. The van der Waals surface area contributed by atoms with Gasteiger partial charge in [0.15, 0.2) is 0 Å². The minimum absolute atomic E-state index is 0.240. The van der Waals surface area contributed by atoms with Gasteiger partial charge in [-0.05, 0) is 60.8 Å². The largest absolute Gasteiger partial charge is 0.386 e. The Balaban J connectivity index is 1.35. The van der Waals surface area contributed by atoms with E-state index in [-0.39, 0.29) is 5.56 Å². The van der Waals surface area contributed by atoms with Crippen molar-refractivity contribution in [2.75, 3.05) is 0 Å². The molecule has 38 heavy (non-hydrogen) atoms. The molecule has 1 N–H and O–H groups in total. The third kappa shape index (κ3) is 4.23. The van der Waals surface area contributed by atoms with Crippen molar-refractivity contribution >= 4 is 58.0 Å². The van der Waals surface area contributed by atoms with Crippen LogP contribution in [-0.2, 0) is 4.74 Å². The van der Waals surface area contributed by atoms with Crippen molar-refractivity contribution in [1.29, 1.82) is 0 Å². The van der Waals surface area contributed by atoms with Gasteiger partial charge in [-0.1, -0.05) is 53.7 Å². The molecule has 1 aliphatic rings. The first kappa shape index (κ1) is 24.0. The number of carbonyl (C=O) groups excluding carboxylic acids is 2. The summed E-state index contributed by atoms with van der Waals surface area (Å²) in [6.07, 6.45) is 1.55. The highest BCUT2D eigenvalue weighted by molar-refractivity contribution is 7.99. The maximum Gasteiger partial charge on any atom is 0.346 e. The van der Waals surface area contributed by atoms with Gasteiger partial charge in [-0.3, -0.25) is 14.9 Å². The highest BCUT2D eigenvalue weighted by Gasteiger charge is 2.27. The van der Waals surface area contributed by atoms with E-state index in [0.29, 0.717) is 44.2 Å². The molecule has 0 radical (unpaired) electrons. The summed E-state index contributed by atoms with van der Waals surface area (Å²) in [5.41, 5.74) is 2.88. The average Bonchev–Trinajstić information content (AvgIpc) is 3.19. The molecule has 1 aliphatic heterocycles. The van der Waals surface area contributed by atoms with Crippen LogP contribution in [0.2, 0.25) is 5.02 Å². The van der Waals surface area contributed by atoms with Crippen LogP contribution in [-0.4, -0.2) is 27.9 Å². The molecule has 0 amide bonds. The molecule has 186 valence electrons. The van der Waals surface area contributed by atoms with Crippen LogP contribution in [0, 0.1) is 6.92 Å². The number of halogens is 1. The summed E-state index contributed by atoms with van der Waals surface area (Å²) >= 11 is 7.52. The van der Waals surface area contributed by atoms with Gasteiger partial charge in [0.25, 0.3) is 5.56 Å². The lowest BCUT2D eigenvalue weighted by molar-refractivity contribution is 0.0391. The Morgan fingerprint density at radius 3 is 2.55 bits per heavy atom. The molecule has 0 spiro atoms. The van der Waals surface area contributed by atoms with Crippen molar-refractivity contribution in [1.82, 2.24) is 9.78 Å². The van der Waals surface area contributed by atoms with Crippen LogP contribution >= 0.6 is 23.4 Å². The zero-order chi connectivity index (χ0) is 26.4. The standard InChI is InChI=1S/C29H18ClN3O4S/c1-16-23(27(34)33(32-16)19-8-5-7-18(30)13-19)15-31-24-10-2-3-11-25(24)38-20-12-17-6-4-9-21-26(17)22(14-20)29(36)37-28(21)35/h2-15,32H,1H3. The van der Waals surface area contributed by atoms with E-state index in [4.69, 9.17) is 16.3 Å². The van der Waals surface area contributed by atoms with Crippen LogP contribution in [0.1, 0.15) is 32.0 Å². The molecule has 0 unspecified atom stereocenters. The summed E-state index contributed by atoms with van der Waals surface area (Å²) in [7, 11) is 0. The van der Waals surface area contributed by atoms with E-state index in [9.17, 15) is 14.4 Å². The first-order valence-corrected chi connectivity index (χ1v) is 12.8. The number of aromatic amines is 1. The number of benzene rings is 4. The highest BCUT2D eigenvalue weighted by atomic mass is 35.5. The van der Waals surface area contributed by atoms with Crippen LogP contribution in [0.3, 0.4) is 0 Å². The summed E-state index contributed by atoms with van der Waals surface area (Å²) in [5.74, 6) is -1.30. The molecule has 0 saturated heterocycles. The van der Waals surface area contributed by atoms with Gasteiger partial charge in [-0.2, -0.15) is 0 Å². The molecule has 0 aliphatic carbocycles. The Kier molecular flexibility index (Phi) is 5.98. The minimum atomic E-state index is -0.661. The number of aromatic nitrogens is 2. The number of para-hydroxylation sites is 1.